The van der Waals surface area contributed by atoms with Gasteiger partial charge in [0.05, 0.1) is 12.0 Å². The Kier molecular flexibility index (Phi) is 3.70. The molecule has 0 atom stereocenters. The lowest BCUT2D eigenvalue weighted by atomic mass is 10.1. The molecule has 6 nitrogen and oxygen atoms in total. The van der Waals surface area contributed by atoms with Crippen LogP contribution in [-0.2, 0) is 26.1 Å². The summed E-state index contributed by atoms with van der Waals surface area (Å²) in [7, 11) is 0. The van der Waals surface area contributed by atoms with Crippen molar-refractivity contribution in [2.75, 3.05) is 12.3 Å². The minimum Gasteiger partial charge on any atom is -0.384 e. The number of aryl methyl sites for hydroxylation is 1. The van der Waals surface area contributed by atoms with Crippen LogP contribution in [0.4, 0.5) is 5.82 Å². The Morgan fingerprint density at radius 1 is 1.38 bits per heavy atom. The van der Waals surface area contributed by atoms with Gasteiger partial charge in [-0.1, -0.05) is 0 Å². The fourth-order valence-corrected chi connectivity index (χ4v) is 2.73. The van der Waals surface area contributed by atoms with Crippen molar-refractivity contribution in [3.63, 3.8) is 0 Å². The number of pyridine rings is 1. The van der Waals surface area contributed by atoms with Crippen molar-refractivity contribution < 1.29 is 0 Å². The predicted molar refractivity (Wildman–Crippen MR) is 80.6 cm³/mol. The van der Waals surface area contributed by atoms with Crippen LogP contribution < -0.4 is 11.3 Å². The lowest BCUT2D eigenvalue weighted by Crippen LogP contribution is -2.36. The van der Waals surface area contributed by atoms with Crippen molar-refractivity contribution in [2.45, 2.75) is 33.0 Å². The number of nitrogens with zero attached hydrogens (tertiary/aromatic N) is 4. The highest BCUT2D eigenvalue weighted by molar-refractivity contribution is 5.32. The van der Waals surface area contributed by atoms with Crippen molar-refractivity contribution in [1.82, 2.24) is 19.4 Å². The Balaban J connectivity index is 1.79. The molecule has 0 saturated heterocycles. The van der Waals surface area contributed by atoms with Crippen molar-refractivity contribution >= 4 is 5.82 Å². The highest BCUT2D eigenvalue weighted by Crippen LogP contribution is 2.16. The van der Waals surface area contributed by atoms with Crippen LogP contribution >= 0.6 is 0 Å². The first kappa shape index (κ1) is 13.8. The Hall–Kier alpha value is -2.21. The molecule has 6 heteroatoms. The van der Waals surface area contributed by atoms with Crippen molar-refractivity contribution in [3.8, 4) is 0 Å². The molecule has 0 aliphatic carbocycles. The van der Waals surface area contributed by atoms with E-state index in [1.165, 1.54) is 0 Å². The number of anilines is 1. The predicted octanol–water partition coefficient (Wildman–Crippen LogP) is 0.799. The van der Waals surface area contributed by atoms with Gasteiger partial charge in [-0.15, -0.1) is 0 Å². The zero-order valence-electron chi connectivity index (χ0n) is 12.1. The summed E-state index contributed by atoms with van der Waals surface area (Å²) >= 11 is 0. The first-order valence-electron chi connectivity index (χ1n) is 7.17. The van der Waals surface area contributed by atoms with E-state index in [1.54, 1.807) is 17.1 Å². The monoisotopic (exact) mass is 285 g/mol. The summed E-state index contributed by atoms with van der Waals surface area (Å²) in [6.45, 7) is 4.99. The molecular weight excluding hydrogens is 266 g/mol. The molecule has 0 amide bonds. The van der Waals surface area contributed by atoms with Gasteiger partial charge < -0.3 is 5.73 Å². The molecule has 0 bridgehead atoms. The van der Waals surface area contributed by atoms with Crippen LogP contribution in [0, 0.1) is 0 Å². The number of hydrogen-bond acceptors (Lipinski definition) is 5. The highest BCUT2D eigenvalue weighted by Gasteiger charge is 2.20. The fraction of sp³-hybridized carbons (Fsp3) is 0.400. The van der Waals surface area contributed by atoms with E-state index in [-0.39, 0.29) is 5.56 Å². The molecule has 0 spiro atoms. The van der Waals surface area contributed by atoms with Crippen LogP contribution in [0.25, 0.3) is 0 Å². The van der Waals surface area contributed by atoms with Gasteiger partial charge in [-0.05, 0) is 31.0 Å². The largest absolute Gasteiger partial charge is 0.384 e. The van der Waals surface area contributed by atoms with Crippen LogP contribution in [0.5, 0.6) is 0 Å². The Morgan fingerprint density at radius 2 is 2.24 bits per heavy atom. The standard InChI is InChI=1S/C15H19N5O/c1-2-20-10-18-13-9-19(6-4-12(13)15(20)21)8-11-3-5-17-14(16)7-11/h3,5,7,10H,2,4,6,8-9H2,1H3,(H2,16,17). The topological polar surface area (TPSA) is 77.0 Å². The number of fused-ring (bicyclic) bond motifs is 1. The quantitative estimate of drug-likeness (QED) is 0.902. The summed E-state index contributed by atoms with van der Waals surface area (Å²) in [6.07, 6.45) is 4.12. The average molecular weight is 285 g/mol. The summed E-state index contributed by atoms with van der Waals surface area (Å²) in [5, 5.41) is 0. The summed E-state index contributed by atoms with van der Waals surface area (Å²) in [6, 6.07) is 3.85. The van der Waals surface area contributed by atoms with Crippen molar-refractivity contribution in [2.24, 2.45) is 0 Å². The smallest absolute Gasteiger partial charge is 0.256 e. The summed E-state index contributed by atoms with van der Waals surface area (Å²) in [5.41, 5.74) is 8.71. The lowest BCUT2D eigenvalue weighted by molar-refractivity contribution is 0.239. The van der Waals surface area contributed by atoms with E-state index < -0.39 is 0 Å². The second-order valence-corrected chi connectivity index (χ2v) is 5.31. The zero-order valence-corrected chi connectivity index (χ0v) is 12.1. The molecule has 2 aromatic rings. The first-order chi connectivity index (χ1) is 10.2. The van der Waals surface area contributed by atoms with Gasteiger partial charge >= 0.3 is 0 Å². The van der Waals surface area contributed by atoms with Gasteiger partial charge in [0.25, 0.3) is 5.56 Å². The van der Waals surface area contributed by atoms with Crippen LogP contribution in [0.3, 0.4) is 0 Å². The van der Waals surface area contributed by atoms with Gasteiger partial charge in [0.2, 0.25) is 0 Å². The number of rotatable bonds is 3. The van der Waals surface area contributed by atoms with Crippen molar-refractivity contribution in [3.05, 3.63) is 51.8 Å². The minimum atomic E-state index is 0.107. The first-order valence-corrected chi connectivity index (χ1v) is 7.17. The van der Waals surface area contributed by atoms with Crippen LogP contribution in [0.2, 0.25) is 0 Å². The number of hydrogen-bond donors (Lipinski definition) is 1. The molecular formula is C15H19N5O. The maximum atomic E-state index is 12.2. The Morgan fingerprint density at radius 3 is 3.00 bits per heavy atom. The van der Waals surface area contributed by atoms with E-state index >= 15 is 0 Å². The second kappa shape index (κ2) is 5.65. The third-order valence-corrected chi connectivity index (χ3v) is 3.86. The van der Waals surface area contributed by atoms with Crippen LogP contribution in [-0.4, -0.2) is 26.0 Å². The van der Waals surface area contributed by atoms with Crippen LogP contribution in [0.15, 0.2) is 29.5 Å². The third-order valence-electron chi connectivity index (χ3n) is 3.86. The van der Waals surface area contributed by atoms with Gasteiger partial charge in [0.15, 0.2) is 0 Å². The molecule has 3 rings (SSSR count). The van der Waals surface area contributed by atoms with Crippen LogP contribution in [0.1, 0.15) is 23.7 Å². The maximum Gasteiger partial charge on any atom is 0.256 e. The van der Waals surface area contributed by atoms with Gasteiger partial charge in [0.1, 0.15) is 5.82 Å². The van der Waals surface area contributed by atoms with Gasteiger partial charge in [0, 0.05) is 37.9 Å². The van der Waals surface area contributed by atoms with E-state index in [1.807, 2.05) is 19.1 Å². The molecule has 1 aliphatic rings. The highest BCUT2D eigenvalue weighted by atomic mass is 16.1. The fourth-order valence-electron chi connectivity index (χ4n) is 2.73. The summed E-state index contributed by atoms with van der Waals surface area (Å²) in [4.78, 5) is 23.0. The summed E-state index contributed by atoms with van der Waals surface area (Å²) < 4.78 is 1.66. The van der Waals surface area contributed by atoms with E-state index in [0.29, 0.717) is 18.9 Å². The maximum absolute atomic E-state index is 12.2. The summed E-state index contributed by atoms with van der Waals surface area (Å²) in [5.74, 6) is 0.536. The molecule has 3 heterocycles. The lowest BCUT2D eigenvalue weighted by Gasteiger charge is -2.27. The second-order valence-electron chi connectivity index (χ2n) is 5.31. The van der Waals surface area contributed by atoms with Gasteiger partial charge in [-0.3, -0.25) is 14.3 Å². The Labute approximate surface area is 123 Å². The molecule has 2 N–H and O–H groups in total. The SMILES string of the molecule is CCn1cnc2c(c1=O)CCN(Cc1ccnc(N)c1)C2. The van der Waals surface area contributed by atoms with E-state index in [4.69, 9.17) is 5.73 Å². The third kappa shape index (κ3) is 2.80. The molecule has 2 aromatic heterocycles. The molecule has 0 aromatic carbocycles. The molecule has 1 aliphatic heterocycles. The van der Waals surface area contributed by atoms with E-state index in [2.05, 4.69) is 14.9 Å². The number of aromatic nitrogens is 3. The molecule has 0 saturated carbocycles. The van der Waals surface area contributed by atoms with E-state index in [9.17, 15) is 4.79 Å². The molecule has 0 unspecified atom stereocenters. The number of nitrogens with two attached hydrogens (primary N) is 1. The molecule has 0 radical (unpaired) electrons. The zero-order chi connectivity index (χ0) is 14.8. The molecule has 110 valence electrons. The van der Waals surface area contributed by atoms with Gasteiger partial charge in [-0.25, -0.2) is 9.97 Å². The number of nitrogen functional groups attached to an aromatic ring is 1. The van der Waals surface area contributed by atoms with Gasteiger partial charge in [-0.2, -0.15) is 0 Å². The normalized spacial score (nSPS) is 14.9. The molecule has 21 heavy (non-hydrogen) atoms. The van der Waals surface area contributed by atoms with E-state index in [0.717, 1.165) is 36.3 Å². The van der Waals surface area contributed by atoms with Crippen molar-refractivity contribution in [1.29, 1.82) is 0 Å². The molecule has 0 fully saturated rings. The Bertz CT molecular complexity index is 709. The minimum absolute atomic E-state index is 0.107. The average Bonchev–Trinajstić information content (AvgIpc) is 2.48.